The Morgan fingerprint density at radius 3 is 0.973 bits per heavy atom. The van der Waals surface area contributed by atoms with E-state index in [2.05, 4.69) is 105 Å². The first-order chi connectivity index (χ1) is 70.2. The van der Waals surface area contributed by atoms with Crippen molar-refractivity contribution >= 4 is 119 Å². The molecule has 0 aromatic carbocycles. The Balaban J connectivity index is 0.000000177. The molecule has 16 rings (SSSR count). The number of fused-ring (bicyclic) bond motifs is 3. The zero-order chi connectivity index (χ0) is 110. The molecule has 0 spiro atoms. The van der Waals surface area contributed by atoms with Crippen molar-refractivity contribution in [3.63, 3.8) is 0 Å². The normalized spacial score (nSPS) is 28.3. The summed E-state index contributed by atoms with van der Waals surface area (Å²) >= 11 is 0. The third-order valence-electron chi connectivity index (χ3n) is 36.4. The first-order valence-corrected chi connectivity index (χ1v) is 61.5. The molecule has 6 saturated heterocycles. The van der Waals surface area contributed by atoms with Crippen molar-refractivity contribution in [3.05, 3.63) is 0 Å². The third-order valence-corrected chi connectivity index (χ3v) is 43.1. The van der Waals surface area contributed by atoms with Gasteiger partial charge in [0.2, 0.25) is 82.9 Å². The summed E-state index contributed by atoms with van der Waals surface area (Å²) in [4.78, 5) is 210. The average molecular weight is 2160 g/mol. The summed E-state index contributed by atoms with van der Waals surface area (Å²) in [6.07, 6.45) is 25.5. The Bertz CT molecular complexity index is 5380. The number of Topliss-reactive ketones (excluding diaryl/α,β-unsaturated/α-hetero) is 3. The molecule has 0 unspecified atom stereocenters. The highest BCUT2D eigenvalue weighted by molar-refractivity contribution is 7.90. The third kappa shape index (κ3) is 27.0. The predicted octanol–water partition coefficient (Wildman–Crippen LogP) is 8.11. The summed E-state index contributed by atoms with van der Waals surface area (Å²) < 4.78 is 85.3. The maximum Gasteiger partial charge on any atom is 0.315 e. The van der Waals surface area contributed by atoms with E-state index < -0.39 is 211 Å². The lowest BCUT2D eigenvalue weighted by molar-refractivity contribution is -0.145. The van der Waals surface area contributed by atoms with Crippen molar-refractivity contribution in [3.8, 4) is 0 Å². The van der Waals surface area contributed by atoms with Crippen LogP contribution in [0.5, 0.6) is 0 Å². The van der Waals surface area contributed by atoms with Crippen LogP contribution in [-0.4, -0.2) is 306 Å². The lowest BCUT2D eigenvalue weighted by Gasteiger charge is -2.43. The molecule has 0 bridgehead atoms. The van der Waals surface area contributed by atoms with Gasteiger partial charge < -0.3 is 78.5 Å². The molecule has 16 fully saturated rings. The van der Waals surface area contributed by atoms with E-state index in [4.69, 9.17) is 0 Å². The Kier molecular flexibility index (Phi) is 35.9. The molecule has 6 aliphatic heterocycles. The Hall–Kier alpha value is -8.22. The molecule has 12 N–H and O–H groups in total. The van der Waals surface area contributed by atoms with Crippen LogP contribution >= 0.6 is 0 Å². The van der Waals surface area contributed by atoms with Crippen molar-refractivity contribution < 1.29 is 97.2 Å². The van der Waals surface area contributed by atoms with E-state index in [1.807, 2.05) is 83.1 Å². The van der Waals surface area contributed by atoms with Gasteiger partial charge in [0.25, 0.3) is 17.7 Å². The number of hydrogen-bond donors (Lipinski definition) is 12. The molecular weight excluding hydrogens is 1980 g/mol. The van der Waals surface area contributed by atoms with Crippen molar-refractivity contribution in [2.75, 3.05) is 70.4 Å². The Labute approximate surface area is 890 Å². The quantitative estimate of drug-likeness (QED) is 0.0258. The number of carbonyl (C=O) groups is 15. The lowest BCUT2D eigenvalue weighted by atomic mass is 9.78. The summed E-state index contributed by atoms with van der Waals surface area (Å²) in [6.45, 7) is 38.5. The first kappa shape index (κ1) is 117. The average Bonchev–Trinajstić information content (AvgIpc) is 1.53. The molecular formula is C108H178N18O21S3. The zero-order valence-corrected chi connectivity index (χ0v) is 95.0. The fraction of sp³-hybridized carbons (Fsp3) is 0.861. The number of sulfonamides is 3. The Morgan fingerprint density at radius 2 is 0.680 bits per heavy atom. The van der Waals surface area contributed by atoms with Gasteiger partial charge in [-0.05, 0) is 209 Å². The topological polar surface area (TPSA) is 522 Å². The molecule has 10 saturated carbocycles. The van der Waals surface area contributed by atoms with Crippen LogP contribution in [0, 0.1) is 73.9 Å². The van der Waals surface area contributed by atoms with Crippen molar-refractivity contribution in [2.45, 2.75) is 444 Å². The largest absolute Gasteiger partial charge is 0.347 e. The van der Waals surface area contributed by atoms with Crippen LogP contribution in [0.3, 0.4) is 0 Å². The van der Waals surface area contributed by atoms with Gasteiger partial charge in [-0.3, -0.25) is 57.5 Å². The summed E-state index contributed by atoms with van der Waals surface area (Å²) in [5, 5.41) is 34.0. The molecule has 16 atom stereocenters. The summed E-state index contributed by atoms with van der Waals surface area (Å²) in [5.41, 5.74) is -5.65. The van der Waals surface area contributed by atoms with Gasteiger partial charge in [-0.15, -0.1) is 0 Å². The summed E-state index contributed by atoms with van der Waals surface area (Å²) in [5.74, 6) is -6.67. The lowest BCUT2D eigenvalue weighted by Crippen LogP contribution is -2.65. The monoisotopic (exact) mass is 2160 g/mol. The number of amides is 15. The van der Waals surface area contributed by atoms with Gasteiger partial charge in [-0.2, -0.15) is 0 Å². The van der Waals surface area contributed by atoms with Gasteiger partial charge in [-0.25, -0.2) is 52.6 Å². The molecule has 39 nitrogen and oxygen atoms in total. The van der Waals surface area contributed by atoms with Gasteiger partial charge >= 0.3 is 18.1 Å². The smallest absolute Gasteiger partial charge is 0.315 e. The molecule has 42 heteroatoms. The van der Waals surface area contributed by atoms with Crippen molar-refractivity contribution in [2.24, 2.45) is 73.9 Å². The van der Waals surface area contributed by atoms with E-state index >= 15 is 0 Å². The van der Waals surface area contributed by atoms with Crippen LogP contribution < -0.4 is 63.8 Å². The zero-order valence-electron chi connectivity index (χ0n) is 92.6. The SMILES string of the molecule is CC(C)(C)[C@H](NC(=O)NC1(CS(=O)(=O)N2CCCC2)CCCCC1)C(=O)N1C[C@H]2[C@@H]([C@H]1C(=O)N[C@@H](CCC1CC1)C(=O)C(=O)NC1CC1)C2(C)C.CCCC[C@H](NC(=O)[C@@H]1[C@@H]2[C@H](CN1C(=O)[C@@H](NC(=O)NC1(CS(=O)(=O)N3CCCC3)CCCCC1)C(C)(C)C)C2(C)C)C(=O)C(=O)NC1CC1.CCC[C@H](NC(=O)[C@@H]1[C@@H]2[C@H](CN1C(=O)[C@@H](NC(=O)NC1([C@@H]3CCN(CC)S3(=O)=O)CCCCC1)C(C)(C)C)C2(C)C)C(=O)C(=O)NC1CC1. The standard InChI is InChI=1S/C37H60N6O7S.C36H60N6O7S.C35H58N6O7S/c1-35(2,3)30(40-34(48)41-37(17-7-6-8-18-37)22-51(49,50)42-19-9-10-20-42)33(47)43-21-25-27(36(25,4)5)28(43)31(45)39-26(16-13-23-11-12-23)29(44)32(46)38-24-14-15-24;1-7-8-14-25(28(43)31(45)37-23-15-16-23)38-30(44)27-26-24(35(26,5)6)21-42(27)32(46)29(34(2,3)4)39-33(47)40-36(17-10-9-11-18-36)22-50(48,49)41-19-12-13-20-41;1-8-13-23(27(42)30(44)36-21-14-15-21)37-29(43)26-25-22(34(25,6)7)20-41(26)31(45)28(33(3,4)5)38-32(46)39-35(17-11-10-12-18-35)24-16-19-40(9-2)49(24,47)48/h23-28,30H,6-22H2,1-5H3,(H,38,46)(H,39,45)(H2,40,41,48);23-27,29H,7-22H2,1-6H3,(H,37,45)(H,38,44)(H2,39,40,47);21-26,28H,8-20H2,1-7H3,(H,36,44)(H,37,43)(H2,38,39,46)/t25-,26-,27-,28-,30+;24-,25-,26-,27-,29+;22-,23-,24-,25-,26-,28+/m000/s1. The van der Waals surface area contributed by atoms with Gasteiger partial charge in [0.15, 0.2) is 0 Å². The van der Waals surface area contributed by atoms with Gasteiger partial charge in [0.05, 0.1) is 51.5 Å². The van der Waals surface area contributed by atoms with E-state index in [-0.39, 0.29) is 81.4 Å². The van der Waals surface area contributed by atoms with Gasteiger partial charge in [0, 0.05) is 77.0 Å². The molecule has 150 heavy (non-hydrogen) atoms. The number of hydrogen-bond acceptors (Lipinski definition) is 21. The van der Waals surface area contributed by atoms with Crippen molar-refractivity contribution in [1.29, 1.82) is 0 Å². The second-order valence-electron chi connectivity index (χ2n) is 52.3. The van der Waals surface area contributed by atoms with Crippen LogP contribution in [0.15, 0.2) is 0 Å². The van der Waals surface area contributed by atoms with E-state index in [1.54, 1.807) is 14.7 Å². The van der Waals surface area contributed by atoms with Crippen molar-refractivity contribution in [1.82, 2.24) is 91.4 Å². The van der Waals surface area contributed by atoms with Gasteiger partial charge in [0.1, 0.15) is 36.3 Å². The van der Waals surface area contributed by atoms with Crippen LogP contribution in [0.25, 0.3) is 0 Å². The van der Waals surface area contributed by atoms with Crippen LogP contribution in [-0.2, 0) is 87.6 Å². The highest BCUT2D eigenvalue weighted by Gasteiger charge is 2.73. The number of carbonyl (C=O) groups excluding carboxylic acids is 15. The number of piperidine rings is 3. The minimum Gasteiger partial charge on any atom is -0.347 e. The number of likely N-dealkylation sites (tertiary alicyclic amines) is 3. The molecule has 0 aromatic rings. The minimum atomic E-state index is -3.60. The van der Waals surface area contributed by atoms with Crippen LogP contribution in [0.2, 0.25) is 0 Å². The van der Waals surface area contributed by atoms with E-state index in [9.17, 15) is 97.2 Å². The number of unbranched alkanes of at least 4 members (excludes halogenated alkanes) is 1. The van der Waals surface area contributed by atoms with E-state index in [0.29, 0.717) is 142 Å². The van der Waals surface area contributed by atoms with Gasteiger partial charge in [-0.1, -0.05) is 215 Å². The molecule has 0 aromatic heterocycles. The number of ketones is 3. The highest BCUT2D eigenvalue weighted by Crippen LogP contribution is 2.67. The number of rotatable bonds is 40. The molecule has 16 aliphatic rings. The Morgan fingerprint density at radius 1 is 0.367 bits per heavy atom. The second-order valence-corrected chi connectivity index (χ2v) is 58.3. The number of urea groups is 3. The molecule has 10 aliphatic carbocycles. The highest BCUT2D eigenvalue weighted by atomic mass is 32.2. The molecule has 6 heterocycles. The van der Waals surface area contributed by atoms with Crippen LogP contribution in [0.4, 0.5) is 14.4 Å². The maximum atomic E-state index is 14.5. The molecule has 844 valence electrons. The minimum absolute atomic E-state index is 0.00557. The maximum absolute atomic E-state index is 14.5. The molecule has 15 amide bonds. The summed E-state index contributed by atoms with van der Waals surface area (Å²) in [7, 11) is -10.8. The summed E-state index contributed by atoms with van der Waals surface area (Å²) in [6, 6.07) is -10.4. The van der Waals surface area contributed by atoms with E-state index in [0.717, 1.165) is 148 Å². The number of nitrogens with one attached hydrogen (secondary N) is 12. The first-order valence-electron chi connectivity index (χ1n) is 56.8. The van der Waals surface area contributed by atoms with E-state index in [1.165, 1.54) is 12.9 Å². The molecule has 0 radical (unpaired) electrons. The fourth-order valence-electron chi connectivity index (χ4n) is 26.3. The van der Waals surface area contributed by atoms with Crippen LogP contribution in [0.1, 0.15) is 349 Å². The second kappa shape index (κ2) is 45.9. The predicted molar refractivity (Wildman–Crippen MR) is 565 cm³/mol. The number of nitrogens with zero attached hydrogens (tertiary/aromatic N) is 6. The fourth-order valence-corrected chi connectivity index (χ4v) is 32.8.